The second kappa shape index (κ2) is 4.81. The summed E-state index contributed by atoms with van der Waals surface area (Å²) < 4.78 is 0. The quantitative estimate of drug-likeness (QED) is 0.662. The Balaban J connectivity index is 1.89. The number of aromatic nitrogens is 3. The van der Waals surface area contributed by atoms with E-state index >= 15 is 0 Å². The lowest BCUT2D eigenvalue weighted by atomic mass is 10.2. The van der Waals surface area contributed by atoms with E-state index in [4.69, 9.17) is 5.11 Å². The minimum Gasteiger partial charge on any atom is -0.480 e. The minimum atomic E-state index is -0.961. The minimum absolute atomic E-state index is 0.210. The van der Waals surface area contributed by atoms with E-state index in [0.29, 0.717) is 25.2 Å². The number of urea groups is 1. The van der Waals surface area contributed by atoms with Crippen LogP contribution in [0.4, 0.5) is 4.79 Å². The second-order valence-corrected chi connectivity index (χ2v) is 3.78. The summed E-state index contributed by atoms with van der Waals surface area (Å²) >= 11 is 0. The van der Waals surface area contributed by atoms with Gasteiger partial charge in [0.2, 0.25) is 0 Å². The van der Waals surface area contributed by atoms with E-state index in [9.17, 15) is 9.59 Å². The number of aromatic amines is 1. The summed E-state index contributed by atoms with van der Waals surface area (Å²) in [5.74, 6) is -0.429. The van der Waals surface area contributed by atoms with Gasteiger partial charge in [0.05, 0.1) is 6.54 Å². The van der Waals surface area contributed by atoms with Crippen molar-refractivity contribution in [2.45, 2.75) is 25.4 Å². The van der Waals surface area contributed by atoms with E-state index in [0.717, 1.165) is 0 Å². The van der Waals surface area contributed by atoms with Gasteiger partial charge in [-0.25, -0.2) is 14.6 Å². The van der Waals surface area contributed by atoms with Crippen molar-refractivity contribution in [2.24, 2.45) is 0 Å². The molecule has 8 nitrogen and oxygen atoms in total. The van der Waals surface area contributed by atoms with Crippen LogP contribution in [-0.4, -0.2) is 49.8 Å². The molecule has 92 valence electrons. The first-order valence-corrected chi connectivity index (χ1v) is 5.30. The topological polar surface area (TPSA) is 111 Å². The Morgan fingerprint density at radius 3 is 3.12 bits per heavy atom. The molecule has 1 aromatic rings. The first kappa shape index (κ1) is 11.4. The summed E-state index contributed by atoms with van der Waals surface area (Å²) in [6.45, 7) is 0.681. The standard InChI is InChI=1S/C9H13N5O3/c15-8(16)6-2-1-3-14(6)9(17)10-4-7-11-5-12-13-7/h5-6H,1-4H2,(H,10,17)(H,15,16)(H,11,12,13)/t6-/m1/s1. The molecule has 0 aromatic carbocycles. The Morgan fingerprint density at radius 2 is 2.47 bits per heavy atom. The smallest absolute Gasteiger partial charge is 0.326 e. The van der Waals surface area contributed by atoms with Gasteiger partial charge in [-0.05, 0) is 12.8 Å². The molecule has 8 heteroatoms. The first-order chi connectivity index (χ1) is 8.18. The molecule has 0 aliphatic carbocycles. The number of carboxylic acids is 1. The Kier molecular flexibility index (Phi) is 3.22. The van der Waals surface area contributed by atoms with Gasteiger partial charge in [0.25, 0.3) is 0 Å². The number of hydrogen-bond donors (Lipinski definition) is 3. The number of carbonyl (C=O) groups is 2. The Hall–Kier alpha value is -2.12. The zero-order valence-corrected chi connectivity index (χ0v) is 9.09. The van der Waals surface area contributed by atoms with Crippen LogP contribution in [0.3, 0.4) is 0 Å². The molecule has 0 spiro atoms. The maximum absolute atomic E-state index is 11.7. The van der Waals surface area contributed by atoms with E-state index in [-0.39, 0.29) is 12.6 Å². The summed E-state index contributed by atoms with van der Waals surface area (Å²) in [5.41, 5.74) is 0. The van der Waals surface area contributed by atoms with Crippen LogP contribution in [0.5, 0.6) is 0 Å². The normalized spacial score (nSPS) is 19.3. The SMILES string of the molecule is O=C(O)[C@H]1CCCN1C(=O)NCc1ncn[nH]1. The number of likely N-dealkylation sites (tertiary alicyclic amines) is 1. The molecule has 1 atom stereocenters. The van der Waals surface area contributed by atoms with E-state index in [1.165, 1.54) is 11.2 Å². The van der Waals surface area contributed by atoms with Crippen molar-refractivity contribution >= 4 is 12.0 Å². The van der Waals surface area contributed by atoms with Gasteiger partial charge in [0.1, 0.15) is 18.2 Å². The molecule has 3 N–H and O–H groups in total. The number of hydrogen-bond acceptors (Lipinski definition) is 4. The molecule has 2 heterocycles. The number of carboxylic acid groups (broad SMARTS) is 1. The van der Waals surface area contributed by atoms with E-state index in [1.54, 1.807) is 0 Å². The van der Waals surface area contributed by atoms with Crippen molar-refractivity contribution in [2.75, 3.05) is 6.54 Å². The molecule has 17 heavy (non-hydrogen) atoms. The number of nitrogens with one attached hydrogen (secondary N) is 2. The average molecular weight is 239 g/mol. The molecule has 0 saturated carbocycles. The highest BCUT2D eigenvalue weighted by molar-refractivity contribution is 5.83. The van der Waals surface area contributed by atoms with Crippen molar-refractivity contribution in [1.29, 1.82) is 0 Å². The van der Waals surface area contributed by atoms with Gasteiger partial charge in [-0.3, -0.25) is 5.10 Å². The summed E-state index contributed by atoms with van der Waals surface area (Å²) in [4.78, 5) is 27.8. The maximum Gasteiger partial charge on any atom is 0.326 e. The largest absolute Gasteiger partial charge is 0.480 e. The summed E-state index contributed by atoms with van der Waals surface area (Å²) in [5, 5.41) is 17.8. The highest BCUT2D eigenvalue weighted by atomic mass is 16.4. The number of H-pyrrole nitrogens is 1. The van der Waals surface area contributed by atoms with Gasteiger partial charge >= 0.3 is 12.0 Å². The zero-order chi connectivity index (χ0) is 12.3. The molecule has 1 aliphatic rings. The van der Waals surface area contributed by atoms with Gasteiger partial charge in [0, 0.05) is 6.54 Å². The Labute approximate surface area is 97.0 Å². The summed E-state index contributed by atoms with van der Waals surface area (Å²) in [6.07, 6.45) is 2.56. The van der Waals surface area contributed by atoms with E-state index in [1.807, 2.05) is 0 Å². The zero-order valence-electron chi connectivity index (χ0n) is 9.09. The van der Waals surface area contributed by atoms with Crippen molar-refractivity contribution in [1.82, 2.24) is 25.4 Å². The Morgan fingerprint density at radius 1 is 1.65 bits per heavy atom. The van der Waals surface area contributed by atoms with E-state index in [2.05, 4.69) is 20.5 Å². The van der Waals surface area contributed by atoms with Crippen molar-refractivity contribution < 1.29 is 14.7 Å². The molecular formula is C9H13N5O3. The van der Waals surface area contributed by atoms with Crippen LogP contribution in [0.25, 0.3) is 0 Å². The fourth-order valence-corrected chi connectivity index (χ4v) is 1.84. The molecule has 0 unspecified atom stereocenters. The lowest BCUT2D eigenvalue weighted by Crippen LogP contribution is -2.45. The highest BCUT2D eigenvalue weighted by Gasteiger charge is 2.33. The van der Waals surface area contributed by atoms with Gasteiger partial charge in [-0.1, -0.05) is 0 Å². The van der Waals surface area contributed by atoms with E-state index < -0.39 is 12.0 Å². The van der Waals surface area contributed by atoms with Crippen LogP contribution >= 0.6 is 0 Å². The van der Waals surface area contributed by atoms with Crippen LogP contribution < -0.4 is 5.32 Å². The van der Waals surface area contributed by atoms with Crippen molar-refractivity contribution in [3.05, 3.63) is 12.2 Å². The summed E-state index contributed by atoms with van der Waals surface area (Å²) in [6, 6.07) is -1.10. The third-order valence-corrected chi connectivity index (χ3v) is 2.67. The van der Waals surface area contributed by atoms with Gasteiger partial charge in [-0.2, -0.15) is 5.10 Å². The lowest BCUT2D eigenvalue weighted by molar-refractivity contribution is -0.141. The van der Waals surface area contributed by atoms with Gasteiger partial charge in [-0.15, -0.1) is 0 Å². The Bertz CT molecular complexity index is 405. The molecule has 2 amide bonds. The average Bonchev–Trinajstić information content (AvgIpc) is 2.96. The molecule has 1 aromatic heterocycles. The predicted molar refractivity (Wildman–Crippen MR) is 56.0 cm³/mol. The molecule has 0 bridgehead atoms. The molecule has 1 fully saturated rings. The summed E-state index contributed by atoms with van der Waals surface area (Å²) in [7, 11) is 0. The molecular weight excluding hydrogens is 226 g/mol. The van der Waals surface area contributed by atoms with Gasteiger partial charge < -0.3 is 15.3 Å². The third kappa shape index (κ3) is 2.52. The highest BCUT2D eigenvalue weighted by Crippen LogP contribution is 2.17. The van der Waals surface area contributed by atoms with Crippen LogP contribution in [0, 0.1) is 0 Å². The number of nitrogens with zero attached hydrogens (tertiary/aromatic N) is 3. The van der Waals surface area contributed by atoms with Crippen molar-refractivity contribution in [3.8, 4) is 0 Å². The van der Waals surface area contributed by atoms with Crippen LogP contribution in [-0.2, 0) is 11.3 Å². The fraction of sp³-hybridized carbons (Fsp3) is 0.556. The number of aliphatic carboxylic acids is 1. The fourth-order valence-electron chi connectivity index (χ4n) is 1.84. The number of rotatable bonds is 3. The third-order valence-electron chi connectivity index (χ3n) is 2.67. The predicted octanol–water partition coefficient (Wildman–Crippen LogP) is -0.437. The second-order valence-electron chi connectivity index (χ2n) is 3.78. The van der Waals surface area contributed by atoms with Gasteiger partial charge in [0.15, 0.2) is 0 Å². The molecule has 2 rings (SSSR count). The monoisotopic (exact) mass is 239 g/mol. The lowest BCUT2D eigenvalue weighted by Gasteiger charge is -2.21. The molecule has 1 saturated heterocycles. The number of carbonyl (C=O) groups excluding carboxylic acids is 1. The molecule has 1 aliphatic heterocycles. The maximum atomic E-state index is 11.7. The first-order valence-electron chi connectivity index (χ1n) is 5.30. The van der Waals surface area contributed by atoms with Crippen LogP contribution in [0.15, 0.2) is 6.33 Å². The van der Waals surface area contributed by atoms with Crippen molar-refractivity contribution in [3.63, 3.8) is 0 Å². The number of amides is 2. The van der Waals surface area contributed by atoms with Crippen LogP contribution in [0.2, 0.25) is 0 Å². The van der Waals surface area contributed by atoms with Crippen LogP contribution in [0.1, 0.15) is 18.7 Å². The molecule has 0 radical (unpaired) electrons.